The van der Waals surface area contributed by atoms with Crippen molar-refractivity contribution in [3.8, 4) is 0 Å². The molecule has 0 aliphatic carbocycles. The maximum atomic E-state index is 11.9. The van der Waals surface area contributed by atoms with E-state index in [1.165, 1.54) is 13.8 Å². The zero-order valence-electron chi connectivity index (χ0n) is 9.17. The van der Waals surface area contributed by atoms with Gasteiger partial charge in [-0.15, -0.1) is 0 Å². The number of ether oxygens (including phenoxy) is 1. The molecule has 0 aromatic heterocycles. The van der Waals surface area contributed by atoms with Crippen LogP contribution in [0.25, 0.3) is 0 Å². The lowest BCUT2D eigenvalue weighted by atomic mass is 10.1. The number of hydrogen-bond donors (Lipinski definition) is 1. The van der Waals surface area contributed by atoms with E-state index in [0.717, 1.165) is 0 Å². The number of aliphatic hydroxyl groups excluding tert-OH is 1. The van der Waals surface area contributed by atoms with E-state index in [-0.39, 0.29) is 12.0 Å². The number of carbonyl (C=O) groups is 1. The van der Waals surface area contributed by atoms with Gasteiger partial charge >= 0.3 is 12.1 Å². The van der Waals surface area contributed by atoms with Crippen LogP contribution < -0.4 is 0 Å². The Labute approximate surface area is 91.9 Å². The molecule has 0 aliphatic rings. The minimum Gasteiger partial charge on any atom is -0.459 e. The van der Waals surface area contributed by atoms with E-state index < -0.39 is 30.8 Å². The Kier molecular flexibility index (Phi) is 5.50. The molecule has 0 aliphatic heterocycles. The summed E-state index contributed by atoms with van der Waals surface area (Å²) < 4.78 is 40.3. The SMILES string of the molecule is C=C(C)C(=O)OC(C)CC(O)CC(F)(F)F. The van der Waals surface area contributed by atoms with E-state index in [0.29, 0.717) is 0 Å². The van der Waals surface area contributed by atoms with E-state index in [1.54, 1.807) is 0 Å². The summed E-state index contributed by atoms with van der Waals surface area (Å²) in [5, 5.41) is 9.07. The van der Waals surface area contributed by atoms with Crippen LogP contribution in [0, 0.1) is 0 Å². The van der Waals surface area contributed by atoms with Crippen molar-refractivity contribution in [1.29, 1.82) is 0 Å². The van der Waals surface area contributed by atoms with Gasteiger partial charge in [0.25, 0.3) is 0 Å². The summed E-state index contributed by atoms with van der Waals surface area (Å²) >= 11 is 0. The first-order valence-corrected chi connectivity index (χ1v) is 4.73. The van der Waals surface area contributed by atoms with Gasteiger partial charge in [0.05, 0.1) is 12.5 Å². The molecule has 94 valence electrons. The predicted octanol–water partition coefficient (Wildman–Crippen LogP) is 2.20. The first-order chi connectivity index (χ1) is 7.11. The van der Waals surface area contributed by atoms with Crippen molar-refractivity contribution in [2.75, 3.05) is 0 Å². The average Bonchev–Trinajstić information content (AvgIpc) is 1.98. The lowest BCUT2D eigenvalue weighted by molar-refractivity contribution is -0.159. The quantitative estimate of drug-likeness (QED) is 0.592. The smallest absolute Gasteiger partial charge is 0.391 e. The van der Waals surface area contributed by atoms with Crippen molar-refractivity contribution >= 4 is 5.97 Å². The molecule has 0 aromatic rings. The standard InChI is InChI=1S/C10H15F3O3/c1-6(2)9(15)16-7(3)4-8(14)5-10(11,12)13/h7-8,14H,1,4-5H2,2-3H3. The Bertz CT molecular complexity index is 261. The van der Waals surface area contributed by atoms with Crippen LogP contribution in [0.2, 0.25) is 0 Å². The van der Waals surface area contributed by atoms with Gasteiger partial charge in [0.1, 0.15) is 6.10 Å². The van der Waals surface area contributed by atoms with Crippen LogP contribution in [0.1, 0.15) is 26.7 Å². The van der Waals surface area contributed by atoms with Gasteiger partial charge in [-0.1, -0.05) is 6.58 Å². The van der Waals surface area contributed by atoms with Gasteiger partial charge in [-0.3, -0.25) is 0 Å². The van der Waals surface area contributed by atoms with E-state index >= 15 is 0 Å². The molecule has 1 N–H and O–H groups in total. The second-order valence-electron chi connectivity index (χ2n) is 3.71. The second kappa shape index (κ2) is 5.89. The van der Waals surface area contributed by atoms with Crippen LogP contribution in [-0.4, -0.2) is 29.5 Å². The second-order valence-corrected chi connectivity index (χ2v) is 3.71. The monoisotopic (exact) mass is 240 g/mol. The number of esters is 1. The Balaban J connectivity index is 4.01. The van der Waals surface area contributed by atoms with Crippen LogP contribution >= 0.6 is 0 Å². The van der Waals surface area contributed by atoms with Crippen LogP contribution in [0.4, 0.5) is 13.2 Å². The normalized spacial score (nSPS) is 15.4. The van der Waals surface area contributed by atoms with Gasteiger partial charge in [-0.2, -0.15) is 13.2 Å². The topological polar surface area (TPSA) is 46.5 Å². The summed E-state index contributed by atoms with van der Waals surface area (Å²) in [6.45, 7) is 6.18. The van der Waals surface area contributed by atoms with E-state index in [2.05, 4.69) is 6.58 Å². The maximum absolute atomic E-state index is 11.9. The van der Waals surface area contributed by atoms with Gasteiger partial charge in [0.2, 0.25) is 0 Å². The lowest BCUT2D eigenvalue weighted by Gasteiger charge is -2.18. The molecule has 3 nitrogen and oxygen atoms in total. The summed E-state index contributed by atoms with van der Waals surface area (Å²) in [4.78, 5) is 11.0. The molecule has 0 rings (SSSR count). The molecule has 0 amide bonds. The number of rotatable bonds is 5. The average molecular weight is 240 g/mol. The summed E-state index contributed by atoms with van der Waals surface area (Å²) in [6.07, 6.45) is -8.31. The van der Waals surface area contributed by atoms with E-state index in [4.69, 9.17) is 9.84 Å². The van der Waals surface area contributed by atoms with Crippen molar-refractivity contribution in [3.63, 3.8) is 0 Å². The minimum absolute atomic E-state index is 0.164. The number of aliphatic hydroxyl groups is 1. The number of alkyl halides is 3. The van der Waals surface area contributed by atoms with Crippen LogP contribution in [0.15, 0.2) is 12.2 Å². The van der Waals surface area contributed by atoms with Gasteiger partial charge in [-0.25, -0.2) is 4.79 Å². The molecule has 16 heavy (non-hydrogen) atoms. The number of halogens is 3. The number of carbonyl (C=O) groups excluding carboxylic acids is 1. The van der Waals surface area contributed by atoms with Gasteiger partial charge in [0, 0.05) is 12.0 Å². The van der Waals surface area contributed by atoms with Crippen LogP contribution in [0.3, 0.4) is 0 Å². The first-order valence-electron chi connectivity index (χ1n) is 4.73. The molecule has 6 heteroatoms. The molecule has 0 bridgehead atoms. The zero-order chi connectivity index (χ0) is 12.9. The summed E-state index contributed by atoms with van der Waals surface area (Å²) in [5.74, 6) is -0.674. The van der Waals surface area contributed by atoms with Crippen molar-refractivity contribution in [2.24, 2.45) is 0 Å². The summed E-state index contributed by atoms with van der Waals surface area (Å²) in [5.41, 5.74) is 0.164. The molecule has 0 radical (unpaired) electrons. The molecule has 0 heterocycles. The molecular weight excluding hydrogens is 225 g/mol. The minimum atomic E-state index is -4.42. The Hall–Kier alpha value is -1.04. The largest absolute Gasteiger partial charge is 0.459 e. The molecule has 0 aromatic carbocycles. The summed E-state index contributed by atoms with van der Waals surface area (Å²) in [6, 6.07) is 0. The predicted molar refractivity (Wildman–Crippen MR) is 51.7 cm³/mol. The third-order valence-electron chi connectivity index (χ3n) is 1.73. The third kappa shape index (κ3) is 7.28. The van der Waals surface area contributed by atoms with Crippen molar-refractivity contribution in [2.45, 2.75) is 45.1 Å². The highest BCUT2D eigenvalue weighted by atomic mass is 19.4. The van der Waals surface area contributed by atoms with Crippen molar-refractivity contribution in [1.82, 2.24) is 0 Å². The molecule has 2 atom stereocenters. The van der Waals surface area contributed by atoms with E-state index in [1.807, 2.05) is 0 Å². The fourth-order valence-corrected chi connectivity index (χ4v) is 1.07. The Morgan fingerprint density at radius 2 is 2.00 bits per heavy atom. The Morgan fingerprint density at radius 1 is 1.50 bits per heavy atom. The fraction of sp³-hybridized carbons (Fsp3) is 0.700. The molecular formula is C10H15F3O3. The van der Waals surface area contributed by atoms with Crippen LogP contribution in [0.5, 0.6) is 0 Å². The molecule has 0 saturated heterocycles. The summed E-state index contributed by atoms with van der Waals surface area (Å²) in [7, 11) is 0. The molecule has 0 spiro atoms. The highest BCUT2D eigenvalue weighted by Gasteiger charge is 2.32. The third-order valence-corrected chi connectivity index (χ3v) is 1.73. The molecule has 0 saturated carbocycles. The number of hydrogen-bond acceptors (Lipinski definition) is 3. The highest BCUT2D eigenvalue weighted by Crippen LogP contribution is 2.23. The van der Waals surface area contributed by atoms with Gasteiger partial charge in [-0.05, 0) is 13.8 Å². The van der Waals surface area contributed by atoms with Gasteiger partial charge in [0.15, 0.2) is 0 Å². The van der Waals surface area contributed by atoms with Crippen molar-refractivity contribution < 1.29 is 27.8 Å². The fourth-order valence-electron chi connectivity index (χ4n) is 1.07. The Morgan fingerprint density at radius 3 is 2.38 bits per heavy atom. The lowest BCUT2D eigenvalue weighted by Crippen LogP contribution is -2.25. The highest BCUT2D eigenvalue weighted by molar-refractivity contribution is 5.87. The first kappa shape index (κ1) is 15.0. The van der Waals surface area contributed by atoms with Crippen LogP contribution in [-0.2, 0) is 9.53 Å². The van der Waals surface area contributed by atoms with Gasteiger partial charge < -0.3 is 9.84 Å². The maximum Gasteiger partial charge on any atom is 0.391 e. The zero-order valence-corrected chi connectivity index (χ0v) is 9.17. The van der Waals surface area contributed by atoms with Crippen molar-refractivity contribution in [3.05, 3.63) is 12.2 Å². The molecule has 0 fully saturated rings. The molecule has 2 unspecified atom stereocenters. The van der Waals surface area contributed by atoms with E-state index in [9.17, 15) is 18.0 Å².